The smallest absolute Gasteiger partial charge is 0.337 e. The minimum absolute atomic E-state index is 0.00458. The number of hydrogen-bond donors (Lipinski definition) is 0. The molecule has 0 N–H and O–H groups in total. The van der Waals surface area contributed by atoms with Crippen molar-refractivity contribution in [3.8, 4) is 0 Å². The van der Waals surface area contributed by atoms with Gasteiger partial charge < -0.3 is 4.74 Å². The van der Waals surface area contributed by atoms with E-state index in [-0.39, 0.29) is 17.4 Å². The third kappa shape index (κ3) is 2.78. The standard InChI is InChI=1S/C20H28N2O3/c1-3-24-19(23)18-17-10-9-16-14-22(13-15-7-5-4-6-8-15)12-11-20(16,17)21(2)25-18/h4-8,16-18H,3,9-14H2,1-2H3/t16-,17-,18+,20-/m1/s1. The predicted molar refractivity (Wildman–Crippen MR) is 94.6 cm³/mol. The Morgan fingerprint density at radius 1 is 1.32 bits per heavy atom. The van der Waals surface area contributed by atoms with Crippen molar-refractivity contribution in [2.24, 2.45) is 11.8 Å². The van der Waals surface area contributed by atoms with E-state index in [1.165, 1.54) is 12.0 Å². The molecule has 1 aromatic carbocycles. The van der Waals surface area contributed by atoms with E-state index in [1.807, 2.05) is 19.0 Å². The summed E-state index contributed by atoms with van der Waals surface area (Å²) < 4.78 is 5.26. The first kappa shape index (κ1) is 17.0. The molecular formula is C20H28N2O3. The van der Waals surface area contributed by atoms with Crippen LogP contribution in [0.3, 0.4) is 0 Å². The van der Waals surface area contributed by atoms with Crippen LogP contribution in [-0.2, 0) is 20.9 Å². The molecule has 0 bridgehead atoms. The number of hydrogen-bond acceptors (Lipinski definition) is 5. The molecule has 3 aliphatic rings. The lowest BCUT2D eigenvalue weighted by Crippen LogP contribution is -2.57. The van der Waals surface area contributed by atoms with Gasteiger partial charge in [0.25, 0.3) is 0 Å². The maximum absolute atomic E-state index is 12.3. The molecule has 5 heteroatoms. The molecule has 1 spiro atoms. The minimum Gasteiger partial charge on any atom is -0.464 e. The van der Waals surface area contributed by atoms with Gasteiger partial charge in [0.05, 0.1) is 12.1 Å². The first-order valence-corrected chi connectivity index (χ1v) is 9.48. The fourth-order valence-corrected chi connectivity index (χ4v) is 5.38. The molecule has 4 atom stereocenters. The van der Waals surface area contributed by atoms with Crippen LogP contribution in [-0.4, -0.2) is 54.3 Å². The van der Waals surface area contributed by atoms with Crippen LogP contribution in [0.2, 0.25) is 0 Å². The van der Waals surface area contributed by atoms with E-state index in [9.17, 15) is 4.79 Å². The molecule has 1 saturated carbocycles. The number of carbonyl (C=O) groups is 1. The Balaban J connectivity index is 1.48. The third-order valence-electron chi connectivity index (χ3n) is 6.47. The molecule has 1 aromatic rings. The monoisotopic (exact) mass is 344 g/mol. The van der Waals surface area contributed by atoms with Crippen molar-refractivity contribution in [2.75, 3.05) is 26.7 Å². The maximum Gasteiger partial charge on any atom is 0.337 e. The SMILES string of the molecule is CCOC(=O)[C@H]1ON(C)[C@]23CCN(Cc4ccccc4)C[C@H]2CC[C@H]13. The first-order valence-electron chi connectivity index (χ1n) is 9.48. The summed E-state index contributed by atoms with van der Waals surface area (Å²) in [5.41, 5.74) is 1.37. The highest BCUT2D eigenvalue weighted by Gasteiger charge is 2.64. The second kappa shape index (κ2) is 6.71. The van der Waals surface area contributed by atoms with Gasteiger partial charge >= 0.3 is 5.97 Å². The first-order chi connectivity index (χ1) is 12.1. The average Bonchev–Trinajstić information content (AvgIpc) is 3.12. The van der Waals surface area contributed by atoms with Crippen molar-refractivity contribution in [3.05, 3.63) is 35.9 Å². The van der Waals surface area contributed by atoms with E-state index in [4.69, 9.17) is 9.57 Å². The number of rotatable bonds is 4. The Hall–Kier alpha value is -1.43. The zero-order valence-electron chi connectivity index (χ0n) is 15.2. The lowest BCUT2D eigenvalue weighted by Gasteiger charge is -2.46. The summed E-state index contributed by atoms with van der Waals surface area (Å²) >= 11 is 0. The Morgan fingerprint density at radius 3 is 2.88 bits per heavy atom. The van der Waals surface area contributed by atoms with Crippen molar-refractivity contribution < 1.29 is 14.4 Å². The lowest BCUT2D eigenvalue weighted by atomic mass is 9.74. The summed E-state index contributed by atoms with van der Waals surface area (Å²) in [6.45, 7) is 5.39. The van der Waals surface area contributed by atoms with Crippen molar-refractivity contribution >= 4 is 5.97 Å². The normalized spacial score (nSPS) is 35.4. The number of esters is 1. The summed E-state index contributed by atoms with van der Waals surface area (Å²) in [5, 5.41) is 2.01. The zero-order chi connectivity index (χ0) is 17.4. The van der Waals surface area contributed by atoms with Crippen LogP contribution < -0.4 is 0 Å². The summed E-state index contributed by atoms with van der Waals surface area (Å²) in [4.78, 5) is 20.9. The Labute approximate surface area is 149 Å². The molecule has 0 aromatic heterocycles. The van der Waals surface area contributed by atoms with Crippen LogP contribution in [0.15, 0.2) is 30.3 Å². The highest BCUT2D eigenvalue weighted by atomic mass is 16.7. The molecular weight excluding hydrogens is 316 g/mol. The van der Waals surface area contributed by atoms with Crippen LogP contribution in [0.25, 0.3) is 0 Å². The molecule has 0 amide bonds. The van der Waals surface area contributed by atoms with Crippen molar-refractivity contribution in [1.29, 1.82) is 0 Å². The van der Waals surface area contributed by atoms with Crippen LogP contribution >= 0.6 is 0 Å². The molecule has 2 saturated heterocycles. The average molecular weight is 344 g/mol. The summed E-state index contributed by atoms with van der Waals surface area (Å²) in [7, 11) is 2.01. The predicted octanol–water partition coefficient (Wildman–Crippen LogP) is 2.47. The van der Waals surface area contributed by atoms with E-state index < -0.39 is 6.10 Å². The molecule has 1 aliphatic carbocycles. The van der Waals surface area contributed by atoms with Gasteiger partial charge in [-0.1, -0.05) is 30.3 Å². The van der Waals surface area contributed by atoms with Gasteiger partial charge in [0, 0.05) is 32.6 Å². The lowest BCUT2D eigenvalue weighted by molar-refractivity contribution is -0.203. The fourth-order valence-electron chi connectivity index (χ4n) is 5.38. The number of likely N-dealkylation sites (tertiary alicyclic amines) is 1. The minimum atomic E-state index is -0.421. The van der Waals surface area contributed by atoms with E-state index in [0.717, 1.165) is 32.5 Å². The molecule has 25 heavy (non-hydrogen) atoms. The highest BCUT2D eigenvalue weighted by Crippen LogP contribution is 2.55. The number of ether oxygens (including phenoxy) is 1. The molecule has 0 unspecified atom stereocenters. The second-order valence-electron chi connectivity index (χ2n) is 7.62. The Kier molecular flexibility index (Phi) is 4.56. The van der Waals surface area contributed by atoms with Gasteiger partial charge in [0.15, 0.2) is 6.10 Å². The maximum atomic E-state index is 12.3. The summed E-state index contributed by atoms with van der Waals surface area (Å²) in [6, 6.07) is 10.7. The van der Waals surface area contributed by atoms with Crippen molar-refractivity contribution in [1.82, 2.24) is 9.96 Å². The third-order valence-corrected chi connectivity index (χ3v) is 6.47. The van der Waals surface area contributed by atoms with Crippen molar-refractivity contribution in [2.45, 2.75) is 44.4 Å². The number of nitrogens with zero attached hydrogens (tertiary/aromatic N) is 2. The Morgan fingerprint density at radius 2 is 2.12 bits per heavy atom. The summed E-state index contributed by atoms with van der Waals surface area (Å²) in [6.07, 6.45) is 2.86. The van der Waals surface area contributed by atoms with Crippen LogP contribution in [0, 0.1) is 11.8 Å². The van der Waals surface area contributed by atoms with Crippen LogP contribution in [0.1, 0.15) is 31.7 Å². The Bertz CT molecular complexity index is 623. The second-order valence-corrected chi connectivity index (χ2v) is 7.62. The number of benzene rings is 1. The van der Waals surface area contributed by atoms with Gasteiger partial charge in [-0.05, 0) is 37.7 Å². The topological polar surface area (TPSA) is 42.0 Å². The zero-order valence-corrected chi connectivity index (χ0v) is 15.2. The van der Waals surface area contributed by atoms with Gasteiger partial charge in [-0.2, -0.15) is 5.06 Å². The van der Waals surface area contributed by atoms with Crippen LogP contribution in [0.5, 0.6) is 0 Å². The molecule has 0 radical (unpaired) electrons. The number of hydroxylamine groups is 2. The van der Waals surface area contributed by atoms with Crippen molar-refractivity contribution in [3.63, 3.8) is 0 Å². The highest BCUT2D eigenvalue weighted by molar-refractivity contribution is 5.75. The molecule has 136 valence electrons. The van der Waals surface area contributed by atoms with E-state index in [2.05, 4.69) is 35.2 Å². The quantitative estimate of drug-likeness (QED) is 0.785. The van der Waals surface area contributed by atoms with E-state index in [0.29, 0.717) is 12.5 Å². The van der Waals surface area contributed by atoms with Gasteiger partial charge in [-0.15, -0.1) is 0 Å². The molecule has 3 fully saturated rings. The van der Waals surface area contributed by atoms with E-state index >= 15 is 0 Å². The molecule has 4 rings (SSSR count). The van der Waals surface area contributed by atoms with Crippen LogP contribution in [0.4, 0.5) is 0 Å². The summed E-state index contributed by atoms with van der Waals surface area (Å²) in [5.74, 6) is 0.628. The molecule has 5 nitrogen and oxygen atoms in total. The number of piperidine rings is 1. The fraction of sp³-hybridized carbons (Fsp3) is 0.650. The van der Waals surface area contributed by atoms with Gasteiger partial charge in [0.2, 0.25) is 0 Å². The van der Waals surface area contributed by atoms with Gasteiger partial charge in [-0.3, -0.25) is 9.74 Å². The van der Waals surface area contributed by atoms with E-state index in [1.54, 1.807) is 0 Å². The largest absolute Gasteiger partial charge is 0.464 e. The molecule has 2 heterocycles. The number of carbonyl (C=O) groups excluding carboxylic acids is 1. The van der Waals surface area contributed by atoms with Gasteiger partial charge in [0.1, 0.15) is 0 Å². The van der Waals surface area contributed by atoms with Gasteiger partial charge in [-0.25, -0.2) is 4.79 Å². The molecule has 2 aliphatic heterocycles.